The second-order valence-corrected chi connectivity index (χ2v) is 11.3. The molecular weight excluding hydrogens is 478 g/mol. The topological polar surface area (TPSA) is 90.0 Å². The molecule has 0 aliphatic carbocycles. The van der Waals surface area contributed by atoms with E-state index in [1.54, 1.807) is 20.8 Å². The number of sulfonamides is 1. The van der Waals surface area contributed by atoms with E-state index in [-0.39, 0.29) is 24.2 Å². The summed E-state index contributed by atoms with van der Waals surface area (Å²) in [7, 11) is -3.09. The standard InChI is InChI=1S/C28H31NO6S/c1-28(2,3)35-26(30)24-17-15-23(16-18-24)25(27(31)34-4)36(32,33)29(19-21-11-7-5-8-12-21)20-22-13-9-6-10-14-22/h5-18,25H,19-20H2,1-4H3. The van der Waals surface area contributed by atoms with Gasteiger partial charge < -0.3 is 9.47 Å². The van der Waals surface area contributed by atoms with Gasteiger partial charge in [-0.3, -0.25) is 4.79 Å². The lowest BCUT2D eigenvalue weighted by atomic mass is 10.1. The number of carbonyl (C=O) groups is 2. The average Bonchev–Trinajstić information content (AvgIpc) is 2.84. The second-order valence-electron chi connectivity index (χ2n) is 9.31. The fourth-order valence-corrected chi connectivity index (χ4v) is 5.42. The predicted octanol–water partition coefficient (Wildman–Crippen LogP) is 4.89. The van der Waals surface area contributed by atoms with Crippen molar-refractivity contribution in [2.75, 3.05) is 7.11 Å². The van der Waals surface area contributed by atoms with Gasteiger partial charge in [0.25, 0.3) is 0 Å². The van der Waals surface area contributed by atoms with E-state index in [1.165, 1.54) is 28.6 Å². The fraction of sp³-hybridized carbons (Fsp3) is 0.286. The van der Waals surface area contributed by atoms with E-state index in [0.29, 0.717) is 0 Å². The number of nitrogens with zero attached hydrogens (tertiary/aromatic N) is 1. The number of methoxy groups -OCH3 is 1. The van der Waals surface area contributed by atoms with E-state index in [0.717, 1.165) is 18.2 Å². The van der Waals surface area contributed by atoms with Crippen molar-refractivity contribution in [1.29, 1.82) is 0 Å². The molecule has 0 N–H and O–H groups in total. The van der Waals surface area contributed by atoms with Gasteiger partial charge in [-0.25, -0.2) is 13.2 Å². The molecule has 0 aromatic heterocycles. The van der Waals surface area contributed by atoms with Crippen LogP contribution in [0, 0.1) is 0 Å². The summed E-state index contributed by atoms with van der Waals surface area (Å²) in [4.78, 5) is 25.3. The molecule has 3 aromatic rings. The normalized spacial score (nSPS) is 12.7. The van der Waals surface area contributed by atoms with Crippen molar-refractivity contribution in [3.8, 4) is 0 Å². The first-order valence-corrected chi connectivity index (χ1v) is 13.0. The molecule has 190 valence electrons. The molecule has 3 rings (SSSR count). The van der Waals surface area contributed by atoms with E-state index in [1.807, 2.05) is 60.7 Å². The summed E-state index contributed by atoms with van der Waals surface area (Å²) in [5, 5.41) is -1.61. The number of ether oxygens (including phenoxy) is 2. The van der Waals surface area contributed by atoms with Crippen LogP contribution in [0.3, 0.4) is 0 Å². The van der Waals surface area contributed by atoms with Gasteiger partial charge in [0.15, 0.2) is 5.25 Å². The minimum atomic E-state index is -4.24. The second kappa shape index (κ2) is 11.5. The Kier molecular flexibility index (Phi) is 8.66. The minimum Gasteiger partial charge on any atom is -0.468 e. The third-order valence-corrected chi connectivity index (χ3v) is 7.36. The third kappa shape index (κ3) is 7.02. The Hall–Kier alpha value is -3.49. The highest BCUT2D eigenvalue weighted by atomic mass is 32.2. The van der Waals surface area contributed by atoms with Crippen LogP contribution < -0.4 is 0 Å². The third-order valence-electron chi connectivity index (χ3n) is 5.32. The Morgan fingerprint density at radius 2 is 1.28 bits per heavy atom. The highest BCUT2D eigenvalue weighted by molar-refractivity contribution is 7.90. The lowest BCUT2D eigenvalue weighted by Crippen LogP contribution is -2.37. The van der Waals surface area contributed by atoms with E-state index < -0.39 is 32.8 Å². The molecule has 0 saturated heterocycles. The molecule has 8 heteroatoms. The van der Waals surface area contributed by atoms with Crippen molar-refractivity contribution >= 4 is 22.0 Å². The van der Waals surface area contributed by atoms with Crippen LogP contribution in [-0.2, 0) is 37.4 Å². The quantitative estimate of drug-likeness (QED) is 0.382. The predicted molar refractivity (Wildman–Crippen MR) is 137 cm³/mol. The summed E-state index contributed by atoms with van der Waals surface area (Å²) in [5.74, 6) is -1.45. The fourth-order valence-electron chi connectivity index (χ4n) is 3.63. The minimum absolute atomic E-state index is 0.0710. The number of hydrogen-bond donors (Lipinski definition) is 0. The van der Waals surface area contributed by atoms with Gasteiger partial charge >= 0.3 is 11.9 Å². The molecule has 0 spiro atoms. The molecule has 0 heterocycles. The number of rotatable bonds is 9. The molecule has 0 bridgehead atoms. The van der Waals surface area contributed by atoms with Crippen LogP contribution >= 0.6 is 0 Å². The van der Waals surface area contributed by atoms with Gasteiger partial charge in [0.2, 0.25) is 10.0 Å². The van der Waals surface area contributed by atoms with Gasteiger partial charge in [-0.2, -0.15) is 4.31 Å². The molecule has 1 atom stereocenters. The molecule has 3 aromatic carbocycles. The lowest BCUT2D eigenvalue weighted by Gasteiger charge is -2.27. The zero-order valence-electron chi connectivity index (χ0n) is 20.9. The monoisotopic (exact) mass is 509 g/mol. The number of carbonyl (C=O) groups excluding carboxylic acids is 2. The van der Waals surface area contributed by atoms with Gasteiger partial charge in [-0.15, -0.1) is 0 Å². The van der Waals surface area contributed by atoms with Crippen LogP contribution in [0.15, 0.2) is 84.9 Å². The van der Waals surface area contributed by atoms with Crippen LogP contribution in [0.25, 0.3) is 0 Å². The van der Waals surface area contributed by atoms with Gasteiger partial charge in [-0.05, 0) is 49.6 Å². The maximum absolute atomic E-state index is 14.0. The maximum atomic E-state index is 14.0. The van der Waals surface area contributed by atoms with Crippen molar-refractivity contribution in [2.24, 2.45) is 0 Å². The van der Waals surface area contributed by atoms with Crippen LogP contribution in [0.1, 0.15) is 53.1 Å². The van der Waals surface area contributed by atoms with E-state index in [4.69, 9.17) is 9.47 Å². The molecule has 0 aliphatic heterocycles. The first-order valence-electron chi connectivity index (χ1n) is 11.5. The van der Waals surface area contributed by atoms with Crippen LogP contribution in [0.2, 0.25) is 0 Å². The van der Waals surface area contributed by atoms with Crippen LogP contribution in [0.4, 0.5) is 0 Å². The van der Waals surface area contributed by atoms with Gasteiger partial charge in [0.1, 0.15) is 5.60 Å². The van der Waals surface area contributed by atoms with Crippen molar-refractivity contribution in [3.63, 3.8) is 0 Å². The Balaban J connectivity index is 2.00. The van der Waals surface area contributed by atoms with Gasteiger partial charge in [0, 0.05) is 13.1 Å². The zero-order valence-corrected chi connectivity index (χ0v) is 21.7. The number of esters is 2. The van der Waals surface area contributed by atoms with Crippen molar-refractivity contribution in [3.05, 3.63) is 107 Å². The Morgan fingerprint density at radius 1 is 0.806 bits per heavy atom. The Labute approximate surface area is 212 Å². The van der Waals surface area contributed by atoms with Gasteiger partial charge in [0.05, 0.1) is 12.7 Å². The summed E-state index contributed by atoms with van der Waals surface area (Å²) >= 11 is 0. The molecule has 0 saturated carbocycles. The van der Waals surface area contributed by atoms with Crippen LogP contribution in [-0.4, -0.2) is 37.4 Å². The van der Waals surface area contributed by atoms with Crippen molar-refractivity contribution in [1.82, 2.24) is 4.31 Å². The molecular formula is C28H31NO6S. The summed E-state index contributed by atoms with van der Waals surface area (Å²) in [5.41, 5.74) is 1.32. The smallest absolute Gasteiger partial charge is 0.338 e. The summed E-state index contributed by atoms with van der Waals surface area (Å²) in [6.45, 7) is 5.41. The molecule has 1 unspecified atom stereocenters. The van der Waals surface area contributed by atoms with Gasteiger partial charge in [-0.1, -0.05) is 72.8 Å². The largest absolute Gasteiger partial charge is 0.468 e. The summed E-state index contributed by atoms with van der Waals surface area (Å²) < 4.78 is 39.5. The number of hydrogen-bond acceptors (Lipinski definition) is 6. The Morgan fingerprint density at radius 3 is 1.69 bits per heavy atom. The molecule has 0 fully saturated rings. The highest BCUT2D eigenvalue weighted by Crippen LogP contribution is 2.30. The summed E-state index contributed by atoms with van der Waals surface area (Å²) in [6.07, 6.45) is 0. The number of benzene rings is 3. The maximum Gasteiger partial charge on any atom is 0.338 e. The average molecular weight is 510 g/mol. The summed E-state index contributed by atoms with van der Waals surface area (Å²) in [6, 6.07) is 24.1. The molecule has 0 radical (unpaired) electrons. The molecule has 7 nitrogen and oxygen atoms in total. The van der Waals surface area contributed by atoms with E-state index in [2.05, 4.69) is 0 Å². The van der Waals surface area contributed by atoms with Crippen molar-refractivity contribution in [2.45, 2.75) is 44.7 Å². The first kappa shape index (κ1) is 27.1. The molecule has 0 aliphatic rings. The zero-order chi connectivity index (χ0) is 26.3. The van der Waals surface area contributed by atoms with E-state index in [9.17, 15) is 18.0 Å². The first-order chi connectivity index (χ1) is 17.0. The SMILES string of the molecule is COC(=O)C(c1ccc(C(=O)OC(C)(C)C)cc1)S(=O)(=O)N(Cc1ccccc1)Cc1ccccc1. The van der Waals surface area contributed by atoms with Crippen molar-refractivity contribution < 1.29 is 27.5 Å². The molecule has 36 heavy (non-hydrogen) atoms. The lowest BCUT2D eigenvalue weighted by molar-refractivity contribution is -0.140. The molecule has 0 amide bonds. The highest BCUT2D eigenvalue weighted by Gasteiger charge is 2.40. The van der Waals surface area contributed by atoms with E-state index >= 15 is 0 Å². The Bertz CT molecular complexity index is 1230. The van der Waals surface area contributed by atoms with Crippen LogP contribution in [0.5, 0.6) is 0 Å².